The lowest BCUT2D eigenvalue weighted by Crippen LogP contribution is -2.42. The highest BCUT2D eigenvalue weighted by Gasteiger charge is 2.21. The second-order valence-corrected chi connectivity index (χ2v) is 5.23. The number of hydrogen-bond acceptors (Lipinski definition) is 4. The fraction of sp³-hybridized carbons (Fsp3) is 0.500. The van der Waals surface area contributed by atoms with Crippen LogP contribution < -0.4 is 10.6 Å². The first-order valence-corrected chi connectivity index (χ1v) is 7.56. The number of carbonyl (C=O) groups is 2. The lowest BCUT2D eigenvalue weighted by atomic mass is 10.1. The lowest BCUT2D eigenvalue weighted by molar-refractivity contribution is -0.129. The molecule has 120 valence electrons. The van der Waals surface area contributed by atoms with Crippen molar-refractivity contribution in [3.63, 3.8) is 0 Å². The molecule has 1 atom stereocenters. The standard InChI is InChI=1S/C16H23N3O3/c1-17-16(21)15(13-5-3-2-4-6-13)18-14(20)7-8-19-9-11-22-12-10-19/h2-6,15H,7-12H2,1H3,(H,17,21)(H,18,20)/t15-/m1/s1. The Hall–Kier alpha value is -1.92. The van der Waals surface area contributed by atoms with E-state index in [1.807, 2.05) is 30.3 Å². The highest BCUT2D eigenvalue weighted by molar-refractivity contribution is 5.88. The smallest absolute Gasteiger partial charge is 0.246 e. The summed E-state index contributed by atoms with van der Waals surface area (Å²) in [6.45, 7) is 3.82. The first kappa shape index (κ1) is 16.5. The third-order valence-electron chi connectivity index (χ3n) is 3.71. The summed E-state index contributed by atoms with van der Waals surface area (Å²) in [7, 11) is 1.57. The molecular formula is C16H23N3O3. The van der Waals surface area contributed by atoms with E-state index in [-0.39, 0.29) is 11.8 Å². The molecule has 0 aliphatic carbocycles. The molecule has 1 aromatic carbocycles. The summed E-state index contributed by atoms with van der Waals surface area (Å²) < 4.78 is 5.28. The van der Waals surface area contributed by atoms with Crippen molar-refractivity contribution >= 4 is 11.8 Å². The van der Waals surface area contributed by atoms with Gasteiger partial charge in [0.2, 0.25) is 11.8 Å². The molecule has 0 saturated carbocycles. The van der Waals surface area contributed by atoms with Crippen molar-refractivity contribution in [1.29, 1.82) is 0 Å². The van der Waals surface area contributed by atoms with E-state index in [1.54, 1.807) is 7.05 Å². The Balaban J connectivity index is 1.89. The topological polar surface area (TPSA) is 70.7 Å². The Morgan fingerprint density at radius 3 is 2.55 bits per heavy atom. The predicted octanol–water partition coefficient (Wildman–Crippen LogP) is 0.312. The quantitative estimate of drug-likeness (QED) is 0.794. The Bertz CT molecular complexity index is 487. The Kier molecular flexibility index (Phi) is 6.36. The van der Waals surface area contributed by atoms with Crippen LogP contribution in [0, 0.1) is 0 Å². The molecule has 2 amide bonds. The van der Waals surface area contributed by atoms with E-state index in [1.165, 1.54) is 0 Å². The molecule has 1 aliphatic heterocycles. The Labute approximate surface area is 130 Å². The lowest BCUT2D eigenvalue weighted by Gasteiger charge is -2.26. The average molecular weight is 305 g/mol. The zero-order valence-corrected chi connectivity index (χ0v) is 12.9. The minimum Gasteiger partial charge on any atom is -0.379 e. The number of ether oxygens (including phenoxy) is 1. The van der Waals surface area contributed by atoms with Gasteiger partial charge in [0, 0.05) is 33.1 Å². The van der Waals surface area contributed by atoms with Crippen molar-refractivity contribution in [2.24, 2.45) is 0 Å². The highest BCUT2D eigenvalue weighted by Crippen LogP contribution is 2.13. The Morgan fingerprint density at radius 2 is 1.91 bits per heavy atom. The number of hydrogen-bond donors (Lipinski definition) is 2. The first-order chi connectivity index (χ1) is 10.7. The van der Waals surface area contributed by atoms with Crippen molar-refractivity contribution < 1.29 is 14.3 Å². The van der Waals surface area contributed by atoms with Gasteiger partial charge in [-0.1, -0.05) is 30.3 Å². The summed E-state index contributed by atoms with van der Waals surface area (Å²) in [4.78, 5) is 26.3. The number of nitrogens with zero attached hydrogens (tertiary/aromatic N) is 1. The first-order valence-electron chi connectivity index (χ1n) is 7.56. The van der Waals surface area contributed by atoms with Crippen molar-refractivity contribution in [3.8, 4) is 0 Å². The second-order valence-electron chi connectivity index (χ2n) is 5.23. The van der Waals surface area contributed by atoms with Crippen LogP contribution in [0.5, 0.6) is 0 Å². The summed E-state index contributed by atoms with van der Waals surface area (Å²) in [6.07, 6.45) is 0.375. The molecular weight excluding hydrogens is 282 g/mol. The van der Waals surface area contributed by atoms with E-state index >= 15 is 0 Å². The molecule has 1 fully saturated rings. The van der Waals surface area contributed by atoms with E-state index in [0.717, 1.165) is 18.7 Å². The van der Waals surface area contributed by atoms with Gasteiger partial charge in [-0.2, -0.15) is 0 Å². The maximum Gasteiger partial charge on any atom is 0.246 e. The number of carbonyl (C=O) groups excluding carboxylic acids is 2. The predicted molar refractivity (Wildman–Crippen MR) is 83.3 cm³/mol. The molecule has 0 spiro atoms. The van der Waals surface area contributed by atoms with Gasteiger partial charge in [-0.3, -0.25) is 14.5 Å². The number of morpholine rings is 1. The van der Waals surface area contributed by atoms with Crippen LogP contribution >= 0.6 is 0 Å². The van der Waals surface area contributed by atoms with Gasteiger partial charge in [-0.05, 0) is 5.56 Å². The number of amides is 2. The van der Waals surface area contributed by atoms with Crippen LogP contribution in [-0.2, 0) is 14.3 Å². The van der Waals surface area contributed by atoms with Gasteiger partial charge in [0.1, 0.15) is 6.04 Å². The van der Waals surface area contributed by atoms with Gasteiger partial charge < -0.3 is 15.4 Å². The highest BCUT2D eigenvalue weighted by atomic mass is 16.5. The van der Waals surface area contributed by atoms with Crippen LogP contribution in [0.4, 0.5) is 0 Å². The summed E-state index contributed by atoms with van der Waals surface area (Å²) >= 11 is 0. The largest absolute Gasteiger partial charge is 0.379 e. The van der Waals surface area contributed by atoms with E-state index in [0.29, 0.717) is 26.2 Å². The van der Waals surface area contributed by atoms with Gasteiger partial charge >= 0.3 is 0 Å². The van der Waals surface area contributed by atoms with E-state index in [4.69, 9.17) is 4.74 Å². The fourth-order valence-electron chi connectivity index (χ4n) is 2.41. The second kappa shape index (κ2) is 8.51. The van der Waals surface area contributed by atoms with Gasteiger partial charge in [0.15, 0.2) is 0 Å². The number of rotatable bonds is 6. The average Bonchev–Trinajstić information content (AvgIpc) is 2.59. The van der Waals surface area contributed by atoms with Gasteiger partial charge in [0.25, 0.3) is 0 Å². The van der Waals surface area contributed by atoms with Crippen molar-refractivity contribution in [3.05, 3.63) is 35.9 Å². The molecule has 22 heavy (non-hydrogen) atoms. The van der Waals surface area contributed by atoms with Crippen LogP contribution in [0.2, 0.25) is 0 Å². The summed E-state index contributed by atoms with van der Waals surface area (Å²) in [5.74, 6) is -0.338. The summed E-state index contributed by atoms with van der Waals surface area (Å²) in [5.41, 5.74) is 0.779. The summed E-state index contributed by atoms with van der Waals surface area (Å²) in [6, 6.07) is 8.61. The molecule has 1 saturated heterocycles. The van der Waals surface area contributed by atoms with Crippen LogP contribution in [0.15, 0.2) is 30.3 Å². The maximum atomic E-state index is 12.1. The molecule has 6 heteroatoms. The maximum absolute atomic E-state index is 12.1. The molecule has 6 nitrogen and oxygen atoms in total. The molecule has 0 radical (unpaired) electrons. The van der Waals surface area contributed by atoms with Crippen LogP contribution in [0.3, 0.4) is 0 Å². The number of likely N-dealkylation sites (N-methyl/N-ethyl adjacent to an activating group) is 1. The van der Waals surface area contributed by atoms with Crippen LogP contribution in [0.25, 0.3) is 0 Å². The van der Waals surface area contributed by atoms with E-state index < -0.39 is 6.04 Å². The number of nitrogens with one attached hydrogen (secondary N) is 2. The molecule has 2 N–H and O–H groups in total. The van der Waals surface area contributed by atoms with Gasteiger partial charge in [0.05, 0.1) is 13.2 Å². The zero-order valence-electron chi connectivity index (χ0n) is 12.9. The van der Waals surface area contributed by atoms with Gasteiger partial charge in [-0.25, -0.2) is 0 Å². The zero-order chi connectivity index (χ0) is 15.8. The minimum atomic E-state index is -0.650. The van der Waals surface area contributed by atoms with Crippen molar-refractivity contribution in [1.82, 2.24) is 15.5 Å². The minimum absolute atomic E-state index is 0.121. The van der Waals surface area contributed by atoms with Crippen molar-refractivity contribution in [2.45, 2.75) is 12.5 Å². The molecule has 1 aromatic rings. The fourth-order valence-corrected chi connectivity index (χ4v) is 2.41. The number of benzene rings is 1. The molecule has 2 rings (SSSR count). The molecule has 0 aromatic heterocycles. The third kappa shape index (κ3) is 4.82. The third-order valence-corrected chi connectivity index (χ3v) is 3.71. The monoisotopic (exact) mass is 305 g/mol. The molecule has 1 heterocycles. The van der Waals surface area contributed by atoms with Crippen molar-refractivity contribution in [2.75, 3.05) is 39.9 Å². The van der Waals surface area contributed by atoms with Crippen LogP contribution in [-0.4, -0.2) is 56.6 Å². The Morgan fingerprint density at radius 1 is 1.23 bits per heavy atom. The van der Waals surface area contributed by atoms with E-state index in [9.17, 15) is 9.59 Å². The van der Waals surface area contributed by atoms with Crippen LogP contribution in [0.1, 0.15) is 18.0 Å². The molecule has 1 aliphatic rings. The SMILES string of the molecule is CNC(=O)[C@H](NC(=O)CCN1CCOCC1)c1ccccc1. The molecule has 0 bridgehead atoms. The van der Waals surface area contributed by atoms with Gasteiger partial charge in [-0.15, -0.1) is 0 Å². The van der Waals surface area contributed by atoms with E-state index in [2.05, 4.69) is 15.5 Å². The normalized spacial score (nSPS) is 16.8. The summed E-state index contributed by atoms with van der Waals surface area (Å²) in [5, 5.41) is 5.41. The molecule has 0 unspecified atom stereocenters.